The number of pyridine rings is 1. The fourth-order valence-corrected chi connectivity index (χ4v) is 3.29. The number of furan rings is 1. The molecule has 1 fully saturated rings. The minimum atomic E-state index is -0.697. The number of amides is 2. The van der Waals surface area contributed by atoms with Gasteiger partial charge in [0.25, 0.3) is 0 Å². The predicted octanol–water partition coefficient (Wildman–Crippen LogP) is 3.41. The van der Waals surface area contributed by atoms with Crippen LogP contribution in [0.25, 0.3) is 0 Å². The lowest BCUT2D eigenvalue weighted by Crippen LogP contribution is -2.39. The second-order valence-electron chi connectivity index (χ2n) is 6.36. The summed E-state index contributed by atoms with van der Waals surface area (Å²) in [7, 11) is 0. The van der Waals surface area contributed by atoms with E-state index in [1.165, 1.54) is 0 Å². The van der Waals surface area contributed by atoms with E-state index in [-0.39, 0.29) is 12.1 Å². The average Bonchev–Trinajstić information content (AvgIpc) is 3.17. The van der Waals surface area contributed by atoms with Crippen LogP contribution in [0.1, 0.15) is 42.4 Å². The number of carbonyl (C=O) groups excluding carboxylic acids is 1. The summed E-state index contributed by atoms with van der Waals surface area (Å²) < 4.78 is 5.24. The molecule has 6 heteroatoms. The Kier molecular flexibility index (Phi) is 4.85. The van der Waals surface area contributed by atoms with Crippen LogP contribution in [-0.4, -0.2) is 33.6 Å². The molecule has 3 heterocycles. The van der Waals surface area contributed by atoms with Gasteiger partial charge in [0.05, 0.1) is 6.26 Å². The Balaban J connectivity index is 1.65. The second kappa shape index (κ2) is 7.05. The van der Waals surface area contributed by atoms with Gasteiger partial charge in [0.1, 0.15) is 17.7 Å². The summed E-state index contributed by atoms with van der Waals surface area (Å²) in [4.78, 5) is 18.7. The standard InChI is InChI=1S/C18H23N3O3/c1-12-9-13(2)19-17(10-12)20-18(23)21-7-3-5-14(21)11-15(22)16-6-4-8-24-16/h4,6,8-10,14-15,22H,3,5,7,11H2,1-2H3,(H,19,20,23)/t14-,15+/m1/s1. The van der Waals surface area contributed by atoms with Crippen LogP contribution in [0.15, 0.2) is 34.9 Å². The minimum absolute atomic E-state index is 0.00370. The van der Waals surface area contributed by atoms with Gasteiger partial charge in [-0.25, -0.2) is 9.78 Å². The van der Waals surface area contributed by atoms with E-state index in [2.05, 4.69) is 10.3 Å². The Morgan fingerprint density at radius 3 is 3.04 bits per heavy atom. The Hall–Kier alpha value is -2.34. The number of nitrogens with zero attached hydrogens (tertiary/aromatic N) is 2. The van der Waals surface area contributed by atoms with Gasteiger partial charge < -0.3 is 14.4 Å². The van der Waals surface area contributed by atoms with E-state index in [0.29, 0.717) is 24.5 Å². The molecule has 0 saturated carbocycles. The van der Waals surface area contributed by atoms with Crippen LogP contribution in [0, 0.1) is 13.8 Å². The van der Waals surface area contributed by atoms with Gasteiger partial charge in [-0.1, -0.05) is 0 Å². The molecule has 1 aliphatic rings. The number of aryl methyl sites for hydroxylation is 2. The lowest BCUT2D eigenvalue weighted by Gasteiger charge is -2.26. The third-order valence-electron chi connectivity index (χ3n) is 4.34. The number of hydrogen-bond donors (Lipinski definition) is 2. The SMILES string of the molecule is Cc1cc(C)nc(NC(=O)N2CCC[C@@H]2C[C@H](O)c2ccco2)c1. The van der Waals surface area contributed by atoms with Gasteiger partial charge in [0.15, 0.2) is 0 Å². The third-order valence-corrected chi connectivity index (χ3v) is 4.34. The predicted molar refractivity (Wildman–Crippen MR) is 90.7 cm³/mol. The molecule has 0 bridgehead atoms. The number of aliphatic hydroxyl groups excluding tert-OH is 1. The van der Waals surface area contributed by atoms with Crippen molar-refractivity contribution in [1.29, 1.82) is 0 Å². The first-order valence-corrected chi connectivity index (χ1v) is 8.27. The summed E-state index contributed by atoms with van der Waals surface area (Å²) in [5.74, 6) is 1.10. The first kappa shape index (κ1) is 16.5. The van der Waals surface area contributed by atoms with Gasteiger partial charge in [0.2, 0.25) is 0 Å². The molecule has 2 aromatic heterocycles. The van der Waals surface area contributed by atoms with E-state index < -0.39 is 6.10 Å². The molecular formula is C18H23N3O3. The van der Waals surface area contributed by atoms with Gasteiger partial charge in [-0.05, 0) is 56.5 Å². The number of urea groups is 1. The lowest BCUT2D eigenvalue weighted by molar-refractivity contribution is 0.110. The first-order chi connectivity index (χ1) is 11.5. The zero-order chi connectivity index (χ0) is 17.1. The van der Waals surface area contributed by atoms with E-state index in [1.54, 1.807) is 23.3 Å². The maximum absolute atomic E-state index is 12.6. The van der Waals surface area contributed by atoms with Crippen molar-refractivity contribution in [2.24, 2.45) is 0 Å². The van der Waals surface area contributed by atoms with Crippen molar-refractivity contribution in [3.8, 4) is 0 Å². The first-order valence-electron chi connectivity index (χ1n) is 8.27. The normalized spacial score (nSPS) is 18.6. The molecule has 2 atom stereocenters. The highest BCUT2D eigenvalue weighted by Crippen LogP contribution is 2.28. The maximum Gasteiger partial charge on any atom is 0.323 e. The second-order valence-corrected chi connectivity index (χ2v) is 6.36. The zero-order valence-electron chi connectivity index (χ0n) is 14.0. The highest BCUT2D eigenvalue weighted by molar-refractivity contribution is 5.88. The van der Waals surface area contributed by atoms with Crippen LogP contribution in [-0.2, 0) is 0 Å². The molecule has 0 spiro atoms. The Morgan fingerprint density at radius 1 is 1.50 bits per heavy atom. The summed E-state index contributed by atoms with van der Waals surface area (Å²) in [6, 6.07) is 7.16. The molecule has 6 nitrogen and oxygen atoms in total. The quantitative estimate of drug-likeness (QED) is 0.901. The smallest absolute Gasteiger partial charge is 0.323 e. The number of hydrogen-bond acceptors (Lipinski definition) is 4. The molecule has 0 aromatic carbocycles. The number of aromatic nitrogens is 1. The average molecular weight is 329 g/mol. The molecule has 2 N–H and O–H groups in total. The van der Waals surface area contributed by atoms with Crippen LogP contribution in [0.5, 0.6) is 0 Å². The molecule has 0 unspecified atom stereocenters. The number of aliphatic hydroxyl groups is 1. The van der Waals surface area contributed by atoms with Crippen molar-refractivity contribution >= 4 is 11.8 Å². The van der Waals surface area contributed by atoms with Crippen molar-refractivity contribution in [1.82, 2.24) is 9.88 Å². The van der Waals surface area contributed by atoms with Gasteiger partial charge in [-0.2, -0.15) is 0 Å². The van der Waals surface area contributed by atoms with Crippen molar-refractivity contribution < 1.29 is 14.3 Å². The van der Waals surface area contributed by atoms with Crippen molar-refractivity contribution in [3.63, 3.8) is 0 Å². The van der Waals surface area contributed by atoms with E-state index in [4.69, 9.17) is 4.42 Å². The van der Waals surface area contributed by atoms with Gasteiger partial charge in [-0.3, -0.25) is 5.32 Å². The molecule has 1 saturated heterocycles. The molecule has 2 aromatic rings. The summed E-state index contributed by atoms with van der Waals surface area (Å²) in [6.45, 7) is 4.57. The highest BCUT2D eigenvalue weighted by atomic mass is 16.4. The summed E-state index contributed by atoms with van der Waals surface area (Å²) in [5.41, 5.74) is 1.93. The van der Waals surface area contributed by atoms with Crippen molar-refractivity contribution in [3.05, 3.63) is 47.5 Å². The molecule has 24 heavy (non-hydrogen) atoms. The van der Waals surface area contributed by atoms with Gasteiger partial charge in [-0.15, -0.1) is 0 Å². The number of carbonyl (C=O) groups is 1. The Morgan fingerprint density at radius 2 is 2.33 bits per heavy atom. The number of nitrogens with one attached hydrogen (secondary N) is 1. The number of rotatable bonds is 4. The molecule has 1 aliphatic heterocycles. The van der Waals surface area contributed by atoms with Crippen LogP contribution in [0.2, 0.25) is 0 Å². The number of likely N-dealkylation sites (tertiary alicyclic amines) is 1. The van der Waals surface area contributed by atoms with Crippen LogP contribution in [0.4, 0.5) is 10.6 Å². The van der Waals surface area contributed by atoms with E-state index >= 15 is 0 Å². The van der Waals surface area contributed by atoms with Crippen molar-refractivity contribution in [2.45, 2.75) is 45.3 Å². The summed E-state index contributed by atoms with van der Waals surface area (Å²) in [6.07, 6.45) is 3.14. The molecular weight excluding hydrogens is 306 g/mol. The highest BCUT2D eigenvalue weighted by Gasteiger charge is 2.31. The Bertz CT molecular complexity index is 679. The van der Waals surface area contributed by atoms with Crippen LogP contribution < -0.4 is 5.32 Å². The fourth-order valence-electron chi connectivity index (χ4n) is 3.29. The molecule has 0 radical (unpaired) electrons. The topological polar surface area (TPSA) is 78.6 Å². The lowest BCUT2D eigenvalue weighted by atomic mass is 10.1. The van der Waals surface area contributed by atoms with E-state index in [0.717, 1.165) is 24.1 Å². The maximum atomic E-state index is 12.6. The van der Waals surface area contributed by atoms with Crippen LogP contribution >= 0.6 is 0 Å². The Labute approximate surface area is 141 Å². The molecule has 3 rings (SSSR count). The van der Waals surface area contributed by atoms with Gasteiger partial charge >= 0.3 is 6.03 Å². The van der Waals surface area contributed by atoms with E-state index in [1.807, 2.05) is 26.0 Å². The van der Waals surface area contributed by atoms with Gasteiger partial charge in [0, 0.05) is 24.7 Å². The summed E-state index contributed by atoms with van der Waals surface area (Å²) >= 11 is 0. The van der Waals surface area contributed by atoms with E-state index in [9.17, 15) is 9.90 Å². The van der Waals surface area contributed by atoms with Crippen molar-refractivity contribution in [2.75, 3.05) is 11.9 Å². The fraction of sp³-hybridized carbons (Fsp3) is 0.444. The monoisotopic (exact) mass is 329 g/mol. The minimum Gasteiger partial charge on any atom is -0.467 e. The largest absolute Gasteiger partial charge is 0.467 e. The molecule has 0 aliphatic carbocycles. The third kappa shape index (κ3) is 3.76. The zero-order valence-corrected chi connectivity index (χ0v) is 14.0. The molecule has 128 valence electrons. The van der Waals surface area contributed by atoms with Crippen LogP contribution in [0.3, 0.4) is 0 Å². The number of anilines is 1. The molecule has 2 amide bonds. The summed E-state index contributed by atoms with van der Waals surface area (Å²) in [5, 5.41) is 13.1.